The van der Waals surface area contributed by atoms with Crippen LogP contribution in [0.25, 0.3) is 0 Å². The Hall–Kier alpha value is -0.930. The maximum Gasteiger partial charge on any atom is 0.252 e. The monoisotopic (exact) mass is 461 g/mol. The molecule has 0 fully saturated rings. The molecular weight excluding hydrogens is 437 g/mol. The first-order valence-corrected chi connectivity index (χ1v) is 12.0. The molecule has 0 aliphatic heterocycles. The molecule has 0 atom stereocenters. The Labute approximate surface area is 184 Å². The quantitative estimate of drug-likeness (QED) is 0.422. The van der Waals surface area contributed by atoms with Crippen LogP contribution in [-0.4, -0.2) is 57.9 Å². The molecule has 1 N–H and O–H groups in total. The summed E-state index contributed by atoms with van der Waals surface area (Å²) in [4.78, 5) is 14.7. The summed E-state index contributed by atoms with van der Waals surface area (Å²) in [6.45, 7) is 5.60. The van der Waals surface area contributed by atoms with Gasteiger partial charge in [-0.25, -0.2) is 0 Å². The van der Waals surface area contributed by atoms with Crippen molar-refractivity contribution >= 4 is 50.7 Å². The van der Waals surface area contributed by atoms with Gasteiger partial charge in [0.25, 0.3) is 5.91 Å². The first-order chi connectivity index (χ1) is 13.2. The van der Waals surface area contributed by atoms with Gasteiger partial charge in [0.1, 0.15) is 5.69 Å². The Morgan fingerprint density at radius 2 is 1.82 bits per heavy atom. The van der Waals surface area contributed by atoms with Gasteiger partial charge < -0.3 is 10.2 Å². The van der Waals surface area contributed by atoms with Gasteiger partial charge in [-0.1, -0.05) is 50.0 Å². The summed E-state index contributed by atoms with van der Waals surface area (Å²) in [7, 11) is 7.83. The van der Waals surface area contributed by atoms with Gasteiger partial charge in [0.15, 0.2) is 0 Å². The third-order valence-electron chi connectivity index (χ3n) is 3.84. The van der Waals surface area contributed by atoms with Crippen LogP contribution in [0.15, 0.2) is 24.4 Å². The Morgan fingerprint density at radius 3 is 2.46 bits per heavy atom. The van der Waals surface area contributed by atoms with Crippen LogP contribution < -0.4 is 5.32 Å². The van der Waals surface area contributed by atoms with E-state index in [1.54, 1.807) is 22.9 Å². The van der Waals surface area contributed by atoms with Gasteiger partial charge in [-0.05, 0) is 46.1 Å². The van der Waals surface area contributed by atoms with Gasteiger partial charge in [-0.2, -0.15) is 0 Å². The van der Waals surface area contributed by atoms with Crippen molar-refractivity contribution in [2.75, 3.05) is 32.1 Å². The summed E-state index contributed by atoms with van der Waals surface area (Å²) in [5.41, 5.74) is 0.418. The number of nitrogens with one attached hydrogen (secondary N) is 1. The van der Waals surface area contributed by atoms with Gasteiger partial charge in [-0.15, -0.1) is 5.10 Å². The molecule has 0 saturated heterocycles. The van der Waals surface area contributed by atoms with Gasteiger partial charge in [0.05, 0.1) is 18.3 Å². The van der Waals surface area contributed by atoms with E-state index in [1.165, 1.54) is 0 Å². The molecule has 0 unspecified atom stereocenters. The highest BCUT2D eigenvalue weighted by molar-refractivity contribution is 8.76. The molecule has 2 aromatic rings. The molecule has 10 heteroatoms. The summed E-state index contributed by atoms with van der Waals surface area (Å²) >= 11 is 12.0. The molecule has 28 heavy (non-hydrogen) atoms. The lowest BCUT2D eigenvalue weighted by atomic mass is 10.0. The number of carbonyl (C=O) groups is 1. The molecule has 0 radical (unpaired) electrons. The molecule has 1 aromatic carbocycles. The number of hydrogen-bond donors (Lipinski definition) is 1. The highest BCUT2D eigenvalue weighted by Crippen LogP contribution is 2.23. The van der Waals surface area contributed by atoms with Crippen LogP contribution in [0.1, 0.15) is 29.9 Å². The molecule has 2 rings (SSSR count). The maximum atomic E-state index is 12.6. The molecule has 1 amide bonds. The molecule has 0 aliphatic carbocycles. The number of nitrogens with zero attached hydrogens (tertiary/aromatic N) is 4. The van der Waals surface area contributed by atoms with E-state index in [4.69, 9.17) is 23.2 Å². The molecule has 1 heterocycles. The van der Waals surface area contributed by atoms with E-state index in [2.05, 4.69) is 34.6 Å². The van der Waals surface area contributed by atoms with E-state index in [1.807, 2.05) is 41.6 Å². The molecule has 0 saturated carbocycles. The zero-order valence-corrected chi connectivity index (χ0v) is 19.6. The van der Waals surface area contributed by atoms with Gasteiger partial charge in [0, 0.05) is 33.7 Å². The lowest BCUT2D eigenvalue weighted by Gasteiger charge is -2.23. The van der Waals surface area contributed by atoms with Crippen LogP contribution in [0.3, 0.4) is 0 Å². The fourth-order valence-corrected chi connectivity index (χ4v) is 4.88. The molecular formula is C18H25Cl2N5OS2. The topological polar surface area (TPSA) is 63.0 Å². The number of rotatable bonds is 10. The Balaban J connectivity index is 1.89. The number of aromatic nitrogens is 3. The predicted octanol–water partition coefficient (Wildman–Crippen LogP) is 4.19. The van der Waals surface area contributed by atoms with Crippen molar-refractivity contribution in [3.8, 4) is 0 Å². The predicted molar refractivity (Wildman–Crippen MR) is 120 cm³/mol. The Bertz CT molecular complexity index is 778. The Kier molecular flexibility index (Phi) is 8.95. The van der Waals surface area contributed by atoms with E-state index < -0.39 is 5.54 Å². The number of benzene rings is 1. The van der Waals surface area contributed by atoms with Crippen molar-refractivity contribution in [1.29, 1.82) is 0 Å². The maximum absolute atomic E-state index is 12.6. The van der Waals surface area contributed by atoms with Crippen molar-refractivity contribution in [3.63, 3.8) is 0 Å². The minimum atomic E-state index is -0.683. The average Bonchev–Trinajstić information content (AvgIpc) is 3.06. The fourth-order valence-electron chi connectivity index (χ4n) is 2.27. The van der Waals surface area contributed by atoms with E-state index in [-0.39, 0.29) is 5.91 Å². The third kappa shape index (κ3) is 7.48. The smallest absolute Gasteiger partial charge is 0.252 e. The van der Waals surface area contributed by atoms with Crippen LogP contribution in [0.4, 0.5) is 0 Å². The second-order valence-electron chi connectivity index (χ2n) is 7.05. The van der Waals surface area contributed by atoms with Gasteiger partial charge in [-0.3, -0.25) is 9.48 Å². The summed E-state index contributed by atoms with van der Waals surface area (Å²) in [6.07, 6.45) is 1.87. The van der Waals surface area contributed by atoms with E-state index >= 15 is 0 Å². The molecule has 154 valence electrons. The van der Waals surface area contributed by atoms with Crippen LogP contribution >= 0.6 is 44.8 Å². The average molecular weight is 462 g/mol. The molecule has 0 aliphatic rings. The standard InChI is InChI=1S/C18H25Cl2N5OS2/c1-18(2,21-17(26)13-9-14(19)11-15(20)10-13)16-12-25(23-22-16)6-8-28-27-7-5-24(3)4/h9-12H,5-8H2,1-4H3,(H,21,26). The second-order valence-corrected chi connectivity index (χ2v) is 10.6. The lowest BCUT2D eigenvalue weighted by Crippen LogP contribution is -2.41. The summed E-state index contributed by atoms with van der Waals surface area (Å²) in [5, 5.41) is 12.2. The minimum Gasteiger partial charge on any atom is -0.341 e. The van der Waals surface area contributed by atoms with Crippen LogP contribution in [0.5, 0.6) is 0 Å². The van der Waals surface area contributed by atoms with Crippen LogP contribution in [0, 0.1) is 0 Å². The molecule has 0 spiro atoms. The van der Waals surface area contributed by atoms with E-state index in [0.717, 1.165) is 24.6 Å². The number of carbonyl (C=O) groups excluding carboxylic acids is 1. The van der Waals surface area contributed by atoms with Crippen LogP contribution in [-0.2, 0) is 12.1 Å². The highest BCUT2D eigenvalue weighted by Gasteiger charge is 2.27. The number of hydrogen-bond acceptors (Lipinski definition) is 6. The molecule has 1 aromatic heterocycles. The lowest BCUT2D eigenvalue weighted by molar-refractivity contribution is 0.0910. The van der Waals surface area contributed by atoms with Crippen molar-refractivity contribution in [2.45, 2.75) is 25.9 Å². The summed E-state index contributed by atoms with van der Waals surface area (Å²) in [5.74, 6) is 1.76. The van der Waals surface area contributed by atoms with Crippen molar-refractivity contribution < 1.29 is 4.79 Å². The first-order valence-electron chi connectivity index (χ1n) is 8.76. The largest absolute Gasteiger partial charge is 0.341 e. The summed E-state index contributed by atoms with van der Waals surface area (Å²) in [6, 6.07) is 4.76. The van der Waals surface area contributed by atoms with E-state index in [9.17, 15) is 4.79 Å². The van der Waals surface area contributed by atoms with Crippen molar-refractivity contribution in [1.82, 2.24) is 25.2 Å². The van der Waals surface area contributed by atoms with E-state index in [0.29, 0.717) is 21.3 Å². The zero-order chi connectivity index (χ0) is 20.7. The molecule has 6 nitrogen and oxygen atoms in total. The number of amides is 1. The van der Waals surface area contributed by atoms with Crippen molar-refractivity contribution in [2.24, 2.45) is 0 Å². The SMILES string of the molecule is CN(C)CCSSCCn1cc(C(C)(C)NC(=O)c2cc(Cl)cc(Cl)c2)nn1. The third-order valence-corrected chi connectivity index (χ3v) is 6.64. The Morgan fingerprint density at radius 1 is 1.18 bits per heavy atom. The fraction of sp³-hybridized carbons (Fsp3) is 0.500. The number of halogens is 2. The zero-order valence-electron chi connectivity index (χ0n) is 16.4. The first kappa shape index (κ1) is 23.3. The highest BCUT2D eigenvalue weighted by atomic mass is 35.5. The van der Waals surface area contributed by atoms with Gasteiger partial charge in [0.2, 0.25) is 0 Å². The van der Waals surface area contributed by atoms with Crippen LogP contribution in [0.2, 0.25) is 10.0 Å². The normalized spacial score (nSPS) is 11.8. The summed E-state index contributed by atoms with van der Waals surface area (Å²) < 4.78 is 1.80. The second kappa shape index (κ2) is 10.7. The minimum absolute atomic E-state index is 0.267. The molecule has 0 bridgehead atoms. The number of aryl methyl sites for hydroxylation is 1. The van der Waals surface area contributed by atoms with Gasteiger partial charge >= 0.3 is 0 Å². The van der Waals surface area contributed by atoms with Crippen molar-refractivity contribution in [3.05, 3.63) is 45.7 Å².